The van der Waals surface area contributed by atoms with E-state index in [1.165, 1.54) is 0 Å². The average molecular weight is 159 g/mol. The molecule has 0 aliphatic carbocycles. The quantitative estimate of drug-likeness (QED) is 0.602. The summed E-state index contributed by atoms with van der Waals surface area (Å²) in [4.78, 5) is 0. The van der Waals surface area contributed by atoms with E-state index in [1.807, 2.05) is 7.05 Å². The van der Waals surface area contributed by atoms with Gasteiger partial charge in [-0.1, -0.05) is 0 Å². The van der Waals surface area contributed by atoms with Crippen LogP contribution in [0.5, 0.6) is 0 Å². The summed E-state index contributed by atoms with van der Waals surface area (Å²) in [5.74, 6) is 0. The molecular formula is C8H17NO2. The second-order valence-corrected chi connectivity index (χ2v) is 3.15. The maximum absolute atomic E-state index is 9.15. The Hall–Kier alpha value is -0.120. The molecule has 0 aromatic carbocycles. The van der Waals surface area contributed by atoms with Gasteiger partial charge in [-0.3, -0.25) is 0 Å². The van der Waals surface area contributed by atoms with Crippen molar-refractivity contribution in [3.63, 3.8) is 0 Å². The predicted molar refractivity (Wildman–Crippen MR) is 43.5 cm³/mol. The van der Waals surface area contributed by atoms with Crippen LogP contribution in [-0.4, -0.2) is 37.5 Å². The van der Waals surface area contributed by atoms with Gasteiger partial charge >= 0.3 is 0 Å². The van der Waals surface area contributed by atoms with Crippen LogP contribution in [0.15, 0.2) is 0 Å². The number of hydrogen-bond acceptors (Lipinski definition) is 3. The highest BCUT2D eigenvalue weighted by Crippen LogP contribution is 2.19. The van der Waals surface area contributed by atoms with E-state index in [2.05, 4.69) is 5.32 Å². The zero-order valence-corrected chi connectivity index (χ0v) is 7.10. The van der Waals surface area contributed by atoms with Gasteiger partial charge in [0, 0.05) is 18.8 Å². The average Bonchev–Trinajstić information content (AvgIpc) is 2.30. The third-order valence-electron chi connectivity index (χ3n) is 2.50. The minimum atomic E-state index is -0.0729. The molecule has 1 aliphatic heterocycles. The van der Waals surface area contributed by atoms with Gasteiger partial charge in [0.25, 0.3) is 0 Å². The van der Waals surface area contributed by atoms with Crippen molar-refractivity contribution in [3.05, 3.63) is 0 Å². The van der Waals surface area contributed by atoms with E-state index in [4.69, 9.17) is 9.84 Å². The minimum absolute atomic E-state index is 0.0729. The second-order valence-electron chi connectivity index (χ2n) is 3.15. The van der Waals surface area contributed by atoms with Crippen molar-refractivity contribution in [3.8, 4) is 0 Å². The number of ether oxygens (including phenoxy) is 1. The molecule has 1 fully saturated rings. The fraction of sp³-hybridized carbons (Fsp3) is 1.00. The van der Waals surface area contributed by atoms with Gasteiger partial charge in [-0.25, -0.2) is 0 Å². The molecule has 0 aromatic heterocycles. The van der Waals surface area contributed by atoms with Crippen molar-refractivity contribution in [1.82, 2.24) is 5.32 Å². The van der Waals surface area contributed by atoms with Crippen molar-refractivity contribution in [2.45, 2.75) is 24.8 Å². The van der Waals surface area contributed by atoms with Gasteiger partial charge in [-0.2, -0.15) is 0 Å². The molecule has 1 atom stereocenters. The largest absolute Gasteiger partial charge is 0.394 e. The molecule has 1 rings (SSSR count). The van der Waals surface area contributed by atoms with E-state index in [0.29, 0.717) is 0 Å². The lowest BCUT2D eigenvalue weighted by molar-refractivity contribution is 0.118. The van der Waals surface area contributed by atoms with Gasteiger partial charge in [-0.15, -0.1) is 0 Å². The first-order valence-corrected chi connectivity index (χ1v) is 4.20. The molecule has 0 amide bonds. The Balaban J connectivity index is 2.49. The van der Waals surface area contributed by atoms with Gasteiger partial charge in [0.15, 0.2) is 0 Å². The van der Waals surface area contributed by atoms with Crippen molar-refractivity contribution >= 4 is 0 Å². The molecule has 0 spiro atoms. The molecule has 1 heterocycles. The maximum atomic E-state index is 9.15. The molecule has 1 aliphatic rings. The molecule has 1 unspecified atom stereocenters. The highest BCUT2D eigenvalue weighted by Gasteiger charge is 2.28. The fourth-order valence-electron chi connectivity index (χ4n) is 1.49. The molecule has 0 bridgehead atoms. The van der Waals surface area contributed by atoms with Crippen LogP contribution in [0.3, 0.4) is 0 Å². The van der Waals surface area contributed by atoms with E-state index in [9.17, 15) is 0 Å². The Morgan fingerprint density at radius 1 is 1.45 bits per heavy atom. The zero-order chi connectivity index (χ0) is 8.16. The third-order valence-corrected chi connectivity index (χ3v) is 2.50. The topological polar surface area (TPSA) is 41.5 Å². The van der Waals surface area contributed by atoms with Crippen molar-refractivity contribution < 1.29 is 9.84 Å². The van der Waals surface area contributed by atoms with Crippen molar-refractivity contribution in [1.29, 1.82) is 0 Å². The predicted octanol–water partition coefficient (Wildman–Crippen LogP) is 0.137. The summed E-state index contributed by atoms with van der Waals surface area (Å²) < 4.78 is 5.30. The van der Waals surface area contributed by atoms with Gasteiger partial charge in [0.05, 0.1) is 6.61 Å². The van der Waals surface area contributed by atoms with Crippen LogP contribution < -0.4 is 5.32 Å². The summed E-state index contributed by atoms with van der Waals surface area (Å²) in [7, 11) is 1.90. The van der Waals surface area contributed by atoms with E-state index in [0.717, 1.165) is 32.5 Å². The Bertz CT molecular complexity index is 103. The summed E-state index contributed by atoms with van der Waals surface area (Å²) in [5.41, 5.74) is -0.0729. The second kappa shape index (κ2) is 4.04. The highest BCUT2D eigenvalue weighted by atomic mass is 16.5. The number of nitrogens with one attached hydrogen (secondary N) is 1. The summed E-state index contributed by atoms with van der Waals surface area (Å²) in [6, 6.07) is 0. The number of hydrogen-bond donors (Lipinski definition) is 2. The number of aliphatic hydroxyl groups is 1. The summed E-state index contributed by atoms with van der Waals surface area (Å²) in [6.45, 7) is 1.82. The molecule has 0 radical (unpaired) electrons. The smallest absolute Gasteiger partial charge is 0.0614 e. The van der Waals surface area contributed by atoms with E-state index >= 15 is 0 Å². The maximum Gasteiger partial charge on any atom is 0.0614 e. The zero-order valence-electron chi connectivity index (χ0n) is 7.10. The monoisotopic (exact) mass is 159 g/mol. The normalized spacial score (nSPS) is 33.3. The lowest BCUT2D eigenvalue weighted by Crippen LogP contribution is -2.46. The standard InChI is InChI=1S/C8H17NO2/c1-9-8(7-10)3-2-5-11-6-4-8/h9-10H,2-7H2,1H3. The van der Waals surface area contributed by atoms with Crippen LogP contribution in [0.25, 0.3) is 0 Å². The third kappa shape index (κ3) is 2.15. The first-order valence-electron chi connectivity index (χ1n) is 4.20. The van der Waals surface area contributed by atoms with Gasteiger partial charge in [-0.05, 0) is 26.3 Å². The summed E-state index contributed by atoms with van der Waals surface area (Å²) in [5, 5.41) is 12.3. The first kappa shape index (κ1) is 8.97. The van der Waals surface area contributed by atoms with Gasteiger partial charge in [0.2, 0.25) is 0 Å². The Morgan fingerprint density at radius 2 is 2.27 bits per heavy atom. The van der Waals surface area contributed by atoms with Crippen LogP contribution in [0.4, 0.5) is 0 Å². The molecule has 1 saturated heterocycles. The van der Waals surface area contributed by atoms with Crippen LogP contribution >= 0.6 is 0 Å². The minimum Gasteiger partial charge on any atom is -0.394 e. The van der Waals surface area contributed by atoms with Crippen molar-refractivity contribution in [2.24, 2.45) is 0 Å². The molecule has 0 aromatic rings. The van der Waals surface area contributed by atoms with E-state index in [1.54, 1.807) is 0 Å². The Labute approximate surface area is 67.7 Å². The van der Waals surface area contributed by atoms with Crippen LogP contribution in [-0.2, 0) is 4.74 Å². The van der Waals surface area contributed by atoms with E-state index in [-0.39, 0.29) is 12.1 Å². The molecule has 3 heteroatoms. The Morgan fingerprint density at radius 3 is 2.91 bits per heavy atom. The fourth-order valence-corrected chi connectivity index (χ4v) is 1.49. The molecule has 3 nitrogen and oxygen atoms in total. The first-order chi connectivity index (χ1) is 5.33. The summed E-state index contributed by atoms with van der Waals surface area (Å²) >= 11 is 0. The number of likely N-dealkylation sites (N-methyl/N-ethyl adjacent to an activating group) is 1. The highest BCUT2D eigenvalue weighted by molar-refractivity contribution is 4.86. The van der Waals surface area contributed by atoms with Crippen molar-refractivity contribution in [2.75, 3.05) is 26.9 Å². The van der Waals surface area contributed by atoms with Gasteiger partial charge < -0.3 is 15.2 Å². The number of rotatable bonds is 2. The van der Waals surface area contributed by atoms with E-state index < -0.39 is 0 Å². The summed E-state index contributed by atoms with van der Waals surface area (Å²) in [6.07, 6.45) is 2.97. The van der Waals surface area contributed by atoms with Crippen LogP contribution in [0, 0.1) is 0 Å². The van der Waals surface area contributed by atoms with Crippen LogP contribution in [0.2, 0.25) is 0 Å². The van der Waals surface area contributed by atoms with Gasteiger partial charge in [0.1, 0.15) is 0 Å². The molecule has 2 N–H and O–H groups in total. The van der Waals surface area contributed by atoms with Crippen LogP contribution in [0.1, 0.15) is 19.3 Å². The Kier molecular flexibility index (Phi) is 3.30. The SMILES string of the molecule is CNC1(CO)CCCOCC1. The lowest BCUT2D eigenvalue weighted by atomic mass is 9.92. The number of aliphatic hydroxyl groups excluding tert-OH is 1. The molecule has 11 heavy (non-hydrogen) atoms. The molecule has 66 valence electrons. The molecular weight excluding hydrogens is 142 g/mol. The lowest BCUT2D eigenvalue weighted by Gasteiger charge is -2.29. The molecule has 0 saturated carbocycles.